The molecule has 1 atom stereocenters. The fourth-order valence-electron chi connectivity index (χ4n) is 3.40. The molecule has 1 aliphatic heterocycles. The summed E-state index contributed by atoms with van der Waals surface area (Å²) in [5.41, 5.74) is 1.16. The molecule has 0 spiro atoms. The zero-order chi connectivity index (χ0) is 19.8. The van der Waals surface area contributed by atoms with Crippen molar-refractivity contribution in [3.63, 3.8) is 0 Å². The highest BCUT2D eigenvalue weighted by Crippen LogP contribution is 2.35. The Kier molecular flexibility index (Phi) is 6.12. The lowest BCUT2D eigenvalue weighted by Gasteiger charge is -2.27. The van der Waals surface area contributed by atoms with Crippen molar-refractivity contribution in [2.24, 2.45) is 0 Å². The number of thiophene rings is 1. The van der Waals surface area contributed by atoms with Crippen LogP contribution in [0.2, 0.25) is 0 Å². The number of aryl methyl sites for hydroxylation is 3. The molecule has 0 aliphatic carbocycles. The van der Waals surface area contributed by atoms with Crippen LogP contribution in [-0.2, 0) is 14.6 Å². The van der Waals surface area contributed by atoms with Crippen LogP contribution in [0, 0.1) is 20.8 Å². The molecule has 9 heteroatoms. The summed E-state index contributed by atoms with van der Waals surface area (Å²) in [5.74, 6) is 1.21. The summed E-state index contributed by atoms with van der Waals surface area (Å²) < 4.78 is 23.6. The van der Waals surface area contributed by atoms with Crippen LogP contribution >= 0.6 is 23.1 Å². The summed E-state index contributed by atoms with van der Waals surface area (Å²) in [6, 6.07) is -0.194. The number of hydrogen-bond donors (Lipinski definition) is 0. The Balaban J connectivity index is 1.79. The first-order valence-electron chi connectivity index (χ1n) is 9.09. The second-order valence-corrected chi connectivity index (χ2v) is 11.4. The van der Waals surface area contributed by atoms with Gasteiger partial charge in [0, 0.05) is 22.8 Å². The van der Waals surface area contributed by atoms with Gasteiger partial charge >= 0.3 is 0 Å². The molecule has 1 saturated heterocycles. The van der Waals surface area contributed by atoms with Crippen molar-refractivity contribution in [2.75, 3.05) is 23.8 Å². The summed E-state index contributed by atoms with van der Waals surface area (Å²) in [5, 5.41) is 1.87. The lowest BCUT2D eigenvalue weighted by Crippen LogP contribution is -2.42. The molecule has 27 heavy (non-hydrogen) atoms. The predicted molar refractivity (Wildman–Crippen MR) is 111 cm³/mol. The van der Waals surface area contributed by atoms with Gasteiger partial charge in [-0.15, -0.1) is 11.3 Å². The van der Waals surface area contributed by atoms with E-state index in [1.807, 2.05) is 13.8 Å². The van der Waals surface area contributed by atoms with E-state index in [1.165, 1.54) is 16.6 Å². The highest BCUT2D eigenvalue weighted by atomic mass is 32.2. The summed E-state index contributed by atoms with van der Waals surface area (Å²) in [6.07, 6.45) is 1.35. The number of fused-ring (bicyclic) bond motifs is 1. The quantitative estimate of drug-likeness (QED) is 0.520. The Hall–Kier alpha value is -1.19. The van der Waals surface area contributed by atoms with Gasteiger partial charge in [0.25, 0.3) is 0 Å². The molecule has 0 saturated carbocycles. The van der Waals surface area contributed by atoms with E-state index in [-0.39, 0.29) is 29.2 Å². The van der Waals surface area contributed by atoms with Crippen LogP contribution in [0.25, 0.3) is 10.2 Å². The van der Waals surface area contributed by atoms with Crippen LogP contribution < -0.4 is 0 Å². The maximum absolute atomic E-state index is 12.9. The molecule has 1 amide bonds. The Bertz CT molecular complexity index is 969. The molecular formula is C18H25N3O3S3. The minimum absolute atomic E-state index is 0.0158. The summed E-state index contributed by atoms with van der Waals surface area (Å²) in [6.45, 7) is 8.59. The average Bonchev–Trinajstić information content (AvgIpc) is 3.09. The normalized spacial score (nSPS) is 18.9. The van der Waals surface area contributed by atoms with Gasteiger partial charge in [-0.2, -0.15) is 0 Å². The first-order chi connectivity index (χ1) is 12.7. The van der Waals surface area contributed by atoms with Gasteiger partial charge in [-0.05, 0) is 39.2 Å². The minimum Gasteiger partial charge on any atom is -0.338 e. The van der Waals surface area contributed by atoms with E-state index < -0.39 is 9.84 Å². The highest BCUT2D eigenvalue weighted by molar-refractivity contribution is 8.00. The lowest BCUT2D eigenvalue weighted by atomic mass is 10.2. The second-order valence-electron chi connectivity index (χ2n) is 6.97. The Morgan fingerprint density at radius 1 is 1.30 bits per heavy atom. The largest absolute Gasteiger partial charge is 0.338 e. The topological polar surface area (TPSA) is 80.2 Å². The van der Waals surface area contributed by atoms with E-state index in [0.717, 1.165) is 27.2 Å². The molecule has 148 valence electrons. The number of nitrogens with zero attached hydrogens (tertiary/aromatic N) is 3. The number of thioether (sulfide) groups is 1. The molecule has 3 rings (SSSR count). The van der Waals surface area contributed by atoms with Crippen molar-refractivity contribution < 1.29 is 13.2 Å². The lowest BCUT2D eigenvalue weighted by molar-refractivity contribution is -0.130. The summed E-state index contributed by atoms with van der Waals surface area (Å²) >= 11 is 3.08. The van der Waals surface area contributed by atoms with Crippen LogP contribution in [0.4, 0.5) is 0 Å². The van der Waals surface area contributed by atoms with Gasteiger partial charge < -0.3 is 4.90 Å². The third kappa shape index (κ3) is 4.46. The zero-order valence-corrected chi connectivity index (χ0v) is 18.6. The van der Waals surface area contributed by atoms with Gasteiger partial charge in [0.1, 0.15) is 15.7 Å². The number of sulfone groups is 1. The number of carbonyl (C=O) groups is 1. The van der Waals surface area contributed by atoms with Gasteiger partial charge in [-0.1, -0.05) is 18.7 Å². The van der Waals surface area contributed by atoms with E-state index in [9.17, 15) is 13.2 Å². The number of aromatic nitrogens is 2. The van der Waals surface area contributed by atoms with Crippen LogP contribution in [0.15, 0.2) is 5.03 Å². The van der Waals surface area contributed by atoms with Gasteiger partial charge in [0.2, 0.25) is 5.91 Å². The Morgan fingerprint density at radius 2 is 2.04 bits per heavy atom. The van der Waals surface area contributed by atoms with E-state index in [2.05, 4.69) is 23.8 Å². The van der Waals surface area contributed by atoms with E-state index in [1.54, 1.807) is 16.2 Å². The smallest absolute Gasteiger partial charge is 0.233 e. The Morgan fingerprint density at radius 3 is 2.67 bits per heavy atom. The SMILES string of the molecule is CCCN(C(=O)CSc1nc(C)nc2sc(C)c(C)c12)[C@H]1CCS(=O)(=O)C1. The van der Waals surface area contributed by atoms with E-state index in [4.69, 9.17) is 0 Å². The predicted octanol–water partition coefficient (Wildman–Crippen LogP) is 3.13. The zero-order valence-electron chi connectivity index (χ0n) is 16.1. The maximum atomic E-state index is 12.9. The fourth-order valence-corrected chi connectivity index (χ4v) is 7.29. The average molecular weight is 428 g/mol. The number of carbonyl (C=O) groups excluding carboxylic acids is 1. The van der Waals surface area contributed by atoms with Crippen molar-refractivity contribution >= 4 is 49.1 Å². The summed E-state index contributed by atoms with van der Waals surface area (Å²) in [7, 11) is -3.02. The molecule has 0 unspecified atom stereocenters. The van der Waals surface area contributed by atoms with Gasteiger partial charge in [-0.3, -0.25) is 4.79 Å². The molecule has 1 aliphatic rings. The van der Waals surface area contributed by atoms with Crippen LogP contribution in [0.1, 0.15) is 36.0 Å². The van der Waals surface area contributed by atoms with Crippen molar-refractivity contribution in [3.8, 4) is 0 Å². The first kappa shape index (κ1) is 20.5. The van der Waals surface area contributed by atoms with E-state index in [0.29, 0.717) is 18.8 Å². The minimum atomic E-state index is -3.02. The van der Waals surface area contributed by atoms with E-state index >= 15 is 0 Å². The molecule has 0 bridgehead atoms. The molecule has 2 aromatic heterocycles. The molecule has 0 aromatic carbocycles. The first-order valence-corrected chi connectivity index (χ1v) is 12.7. The third-order valence-electron chi connectivity index (χ3n) is 4.87. The Labute approximate surface area is 168 Å². The standard InChI is InChI=1S/C18H25N3O3S3/c1-5-7-21(14-6-8-27(23,24)10-14)15(22)9-25-17-16-11(2)12(3)26-18(16)20-13(4)19-17/h14H,5-10H2,1-4H3/t14-/m0/s1. The molecule has 2 aromatic rings. The highest BCUT2D eigenvalue weighted by Gasteiger charge is 2.34. The number of rotatable bonds is 6. The molecule has 0 radical (unpaired) electrons. The maximum Gasteiger partial charge on any atom is 0.233 e. The van der Waals surface area contributed by atoms with Gasteiger partial charge in [-0.25, -0.2) is 18.4 Å². The fraction of sp³-hybridized carbons (Fsp3) is 0.611. The van der Waals surface area contributed by atoms with Crippen molar-refractivity contribution in [2.45, 2.75) is 51.6 Å². The van der Waals surface area contributed by atoms with Crippen LogP contribution in [-0.4, -0.2) is 59.0 Å². The van der Waals surface area contributed by atoms with Gasteiger partial charge in [0.15, 0.2) is 9.84 Å². The molecule has 0 N–H and O–H groups in total. The van der Waals surface area contributed by atoms with Crippen molar-refractivity contribution in [1.29, 1.82) is 0 Å². The van der Waals surface area contributed by atoms with Crippen LogP contribution in [0.3, 0.4) is 0 Å². The number of hydrogen-bond acceptors (Lipinski definition) is 7. The molecule has 6 nitrogen and oxygen atoms in total. The van der Waals surface area contributed by atoms with Crippen LogP contribution in [0.5, 0.6) is 0 Å². The number of amides is 1. The summed E-state index contributed by atoms with van der Waals surface area (Å²) in [4.78, 5) is 25.9. The van der Waals surface area contributed by atoms with Gasteiger partial charge in [0.05, 0.1) is 17.3 Å². The third-order valence-corrected chi connectivity index (χ3v) is 8.69. The van der Waals surface area contributed by atoms with Crippen molar-refractivity contribution in [3.05, 3.63) is 16.3 Å². The monoisotopic (exact) mass is 427 g/mol. The second kappa shape index (κ2) is 8.05. The van der Waals surface area contributed by atoms with Crippen molar-refractivity contribution in [1.82, 2.24) is 14.9 Å². The molecule has 3 heterocycles. The molecular weight excluding hydrogens is 402 g/mol. The molecule has 1 fully saturated rings.